The summed E-state index contributed by atoms with van der Waals surface area (Å²) < 4.78 is 36.8. The van der Waals surface area contributed by atoms with E-state index in [-0.39, 0.29) is 23.0 Å². The topological polar surface area (TPSA) is 93.9 Å². The van der Waals surface area contributed by atoms with Gasteiger partial charge in [-0.2, -0.15) is 28.0 Å². The first kappa shape index (κ1) is 15.4. The van der Waals surface area contributed by atoms with Gasteiger partial charge in [-0.05, 0) is 37.8 Å². The quantitative estimate of drug-likeness (QED) is 0.692. The van der Waals surface area contributed by atoms with Crippen molar-refractivity contribution in [2.75, 3.05) is 0 Å². The van der Waals surface area contributed by atoms with Crippen molar-refractivity contribution in [1.29, 1.82) is 0 Å². The van der Waals surface area contributed by atoms with Crippen molar-refractivity contribution in [1.82, 2.24) is 28.0 Å². The first-order valence-electron chi connectivity index (χ1n) is 8.25. The first-order valence-corrected chi connectivity index (χ1v) is 10.4. The zero-order valence-electron chi connectivity index (χ0n) is 13.3. The van der Waals surface area contributed by atoms with Crippen LogP contribution in [-0.4, -0.2) is 48.5 Å². The third-order valence-corrected chi connectivity index (χ3v) is 7.79. The molecule has 0 aliphatic carbocycles. The number of benzene rings is 1. The fourth-order valence-corrected chi connectivity index (χ4v) is 6.85. The van der Waals surface area contributed by atoms with E-state index in [9.17, 15) is 8.42 Å². The van der Waals surface area contributed by atoms with E-state index in [2.05, 4.69) is 18.9 Å². The highest BCUT2D eigenvalue weighted by atomic mass is 32.2. The molecule has 5 rings (SSSR count). The molecule has 0 saturated carbocycles. The van der Waals surface area contributed by atoms with E-state index in [0.717, 1.165) is 37.4 Å². The Morgan fingerprint density at radius 1 is 1.00 bits per heavy atom. The minimum absolute atomic E-state index is 0.0124. The fraction of sp³-hybridized carbons (Fsp3) is 0.467. The van der Waals surface area contributed by atoms with Gasteiger partial charge in [0.05, 0.1) is 30.2 Å². The highest BCUT2D eigenvalue weighted by Crippen LogP contribution is 2.44. The largest absolute Gasteiger partial charge is 0.245 e. The number of aromatic nitrogens is 5. The highest BCUT2D eigenvalue weighted by molar-refractivity contribution is 7.89. The van der Waals surface area contributed by atoms with E-state index >= 15 is 0 Å². The zero-order chi connectivity index (χ0) is 17.0. The van der Waals surface area contributed by atoms with Gasteiger partial charge in [-0.1, -0.05) is 6.07 Å². The molecule has 3 aromatic rings. The minimum Gasteiger partial charge on any atom is -0.207 e. The van der Waals surface area contributed by atoms with Crippen LogP contribution in [0.15, 0.2) is 35.5 Å². The summed E-state index contributed by atoms with van der Waals surface area (Å²) in [4.78, 5) is 1.99. The van der Waals surface area contributed by atoms with Crippen LogP contribution < -0.4 is 0 Å². The summed E-state index contributed by atoms with van der Waals surface area (Å²) >= 11 is 1.04. The summed E-state index contributed by atoms with van der Waals surface area (Å²) in [6, 6.07) is 5.31. The Morgan fingerprint density at radius 2 is 1.72 bits per heavy atom. The van der Waals surface area contributed by atoms with Crippen LogP contribution in [0.4, 0.5) is 0 Å². The molecule has 0 radical (unpaired) electrons. The summed E-state index contributed by atoms with van der Waals surface area (Å²) in [5.41, 5.74) is 1.11. The summed E-state index contributed by atoms with van der Waals surface area (Å²) in [5.74, 6) is 0. The molecule has 2 atom stereocenters. The predicted molar refractivity (Wildman–Crippen MR) is 91.5 cm³/mol. The Labute approximate surface area is 148 Å². The van der Waals surface area contributed by atoms with Gasteiger partial charge in [-0.25, -0.2) is 8.42 Å². The number of hydrogen-bond donors (Lipinski definition) is 0. The molecule has 2 aromatic heterocycles. The van der Waals surface area contributed by atoms with Crippen molar-refractivity contribution >= 4 is 32.8 Å². The molecule has 0 N–H and O–H groups in total. The Morgan fingerprint density at radius 3 is 2.44 bits per heavy atom. The zero-order valence-corrected chi connectivity index (χ0v) is 14.9. The third-order valence-electron chi connectivity index (χ3n) is 5.21. The van der Waals surface area contributed by atoms with Gasteiger partial charge < -0.3 is 0 Å². The van der Waals surface area contributed by atoms with E-state index in [1.807, 2.05) is 0 Å². The van der Waals surface area contributed by atoms with Crippen LogP contribution in [0.3, 0.4) is 0 Å². The van der Waals surface area contributed by atoms with Crippen molar-refractivity contribution in [2.24, 2.45) is 0 Å². The van der Waals surface area contributed by atoms with Crippen LogP contribution in [0.1, 0.15) is 31.7 Å². The predicted octanol–water partition coefficient (Wildman–Crippen LogP) is 1.84. The second kappa shape index (κ2) is 5.55. The molecule has 0 spiro atoms. The number of rotatable bonds is 3. The molecular weight excluding hydrogens is 360 g/mol. The van der Waals surface area contributed by atoms with Crippen molar-refractivity contribution in [2.45, 2.75) is 48.7 Å². The van der Waals surface area contributed by atoms with Gasteiger partial charge >= 0.3 is 0 Å². The van der Waals surface area contributed by atoms with E-state index in [1.165, 1.54) is 0 Å². The lowest BCUT2D eigenvalue weighted by Gasteiger charge is -2.37. The molecule has 10 heteroatoms. The third kappa shape index (κ3) is 2.31. The SMILES string of the molecule is O=S(=O)(c1cccc2nsnc12)N1C2CCC1CC(n1nccn1)C2. The molecule has 2 bridgehead atoms. The normalized spacial score (nSPS) is 27.1. The van der Waals surface area contributed by atoms with Crippen LogP contribution in [0, 0.1) is 0 Å². The molecule has 25 heavy (non-hydrogen) atoms. The van der Waals surface area contributed by atoms with E-state index in [4.69, 9.17) is 0 Å². The molecule has 2 unspecified atom stereocenters. The monoisotopic (exact) mass is 376 g/mol. The molecular formula is C15H16N6O2S2. The Kier molecular flexibility index (Phi) is 3.41. The minimum atomic E-state index is -3.60. The smallest absolute Gasteiger partial charge is 0.207 e. The standard InChI is InChI=1S/C15H16N6O2S2/c22-25(23,14-3-1-2-13-15(14)19-24-18-13)20-10-4-5-11(20)9-12(8-10)21-16-6-7-17-21/h1-3,6-7,10-12H,4-5,8-9H2. The number of piperidine rings is 1. The summed E-state index contributed by atoms with van der Waals surface area (Å²) in [7, 11) is -3.60. The molecule has 0 amide bonds. The molecule has 130 valence electrons. The van der Waals surface area contributed by atoms with Crippen molar-refractivity contribution < 1.29 is 8.42 Å². The summed E-state index contributed by atoms with van der Waals surface area (Å²) in [5, 5.41) is 8.47. The number of nitrogens with zero attached hydrogens (tertiary/aromatic N) is 6. The van der Waals surface area contributed by atoms with Crippen molar-refractivity contribution in [3.05, 3.63) is 30.6 Å². The molecule has 2 fully saturated rings. The van der Waals surface area contributed by atoms with Crippen LogP contribution in [-0.2, 0) is 10.0 Å². The van der Waals surface area contributed by atoms with Gasteiger partial charge in [-0.15, -0.1) is 0 Å². The van der Waals surface area contributed by atoms with E-state index < -0.39 is 10.0 Å². The number of fused-ring (bicyclic) bond motifs is 3. The summed E-state index contributed by atoms with van der Waals surface area (Å²) in [6.45, 7) is 0. The summed E-state index contributed by atoms with van der Waals surface area (Å²) in [6.07, 6.45) is 6.59. The van der Waals surface area contributed by atoms with Gasteiger partial charge in [0.25, 0.3) is 0 Å². The Bertz CT molecular complexity index is 1000. The van der Waals surface area contributed by atoms with Crippen LogP contribution in [0.5, 0.6) is 0 Å². The molecule has 1 aromatic carbocycles. The molecule has 2 saturated heterocycles. The number of hydrogen-bond acceptors (Lipinski definition) is 7. The van der Waals surface area contributed by atoms with E-state index in [0.29, 0.717) is 11.0 Å². The lowest BCUT2D eigenvalue weighted by molar-refractivity contribution is 0.174. The highest BCUT2D eigenvalue weighted by Gasteiger charge is 2.48. The molecule has 2 aliphatic rings. The lowest BCUT2D eigenvalue weighted by atomic mass is 10.0. The van der Waals surface area contributed by atoms with Gasteiger partial charge in [0.2, 0.25) is 10.0 Å². The van der Waals surface area contributed by atoms with Gasteiger partial charge in [-0.3, -0.25) is 0 Å². The van der Waals surface area contributed by atoms with Gasteiger partial charge in [0.1, 0.15) is 15.9 Å². The van der Waals surface area contributed by atoms with E-state index in [1.54, 1.807) is 39.7 Å². The maximum atomic E-state index is 13.4. The Hall–Kier alpha value is -1.91. The van der Waals surface area contributed by atoms with Crippen LogP contribution in [0.2, 0.25) is 0 Å². The van der Waals surface area contributed by atoms with Crippen molar-refractivity contribution in [3.8, 4) is 0 Å². The Balaban J connectivity index is 1.52. The lowest BCUT2D eigenvalue weighted by Crippen LogP contribution is -2.47. The van der Waals surface area contributed by atoms with Crippen molar-refractivity contribution in [3.63, 3.8) is 0 Å². The maximum absolute atomic E-state index is 13.4. The maximum Gasteiger partial charge on any atom is 0.245 e. The average Bonchev–Trinajstić information content (AvgIpc) is 3.33. The van der Waals surface area contributed by atoms with Gasteiger partial charge in [0.15, 0.2) is 0 Å². The van der Waals surface area contributed by atoms with Crippen LogP contribution in [0.25, 0.3) is 11.0 Å². The van der Waals surface area contributed by atoms with Gasteiger partial charge in [0, 0.05) is 12.1 Å². The molecule has 8 nitrogen and oxygen atoms in total. The second-order valence-corrected chi connectivity index (χ2v) is 8.92. The fourth-order valence-electron chi connectivity index (χ4n) is 4.20. The number of sulfonamides is 1. The molecule has 4 heterocycles. The average molecular weight is 376 g/mol. The first-order chi connectivity index (χ1) is 12.1. The molecule has 2 aliphatic heterocycles. The van der Waals surface area contributed by atoms with Crippen LogP contribution >= 0.6 is 11.7 Å². The second-order valence-electron chi connectivity index (χ2n) is 6.58.